The van der Waals surface area contributed by atoms with Crippen LogP contribution in [0.1, 0.15) is 36.9 Å². The third kappa shape index (κ3) is 4.57. The number of esters is 1. The van der Waals surface area contributed by atoms with Crippen molar-refractivity contribution in [1.82, 2.24) is 0 Å². The topological polar surface area (TPSA) is 72.1 Å². The van der Waals surface area contributed by atoms with E-state index in [1.807, 2.05) is 44.2 Å². The van der Waals surface area contributed by atoms with Gasteiger partial charge in [0, 0.05) is 10.0 Å². The molecule has 1 aromatic heterocycles. The SMILES string of the molecule is CC1=NN(c2ccc(Br)cc2)C(=O)C1=Cc1ccc(-c2ccc(C(=O)OC(C)C)cc2)o1. The quantitative estimate of drug-likeness (QED) is 0.319. The Bertz CT molecular complexity index is 1220. The molecule has 0 spiro atoms. The zero-order valence-electron chi connectivity index (χ0n) is 17.8. The summed E-state index contributed by atoms with van der Waals surface area (Å²) in [6.07, 6.45) is 1.52. The summed E-state index contributed by atoms with van der Waals surface area (Å²) in [6.45, 7) is 5.41. The average Bonchev–Trinajstić information content (AvgIpc) is 3.34. The van der Waals surface area contributed by atoms with Gasteiger partial charge < -0.3 is 9.15 Å². The first-order valence-electron chi connectivity index (χ1n) is 10.1. The van der Waals surface area contributed by atoms with Gasteiger partial charge in [0.1, 0.15) is 11.5 Å². The summed E-state index contributed by atoms with van der Waals surface area (Å²) in [5.74, 6) is 0.598. The number of ether oxygens (including phenoxy) is 1. The molecule has 1 aliphatic heterocycles. The Balaban J connectivity index is 1.53. The molecular weight excluding hydrogens is 472 g/mol. The van der Waals surface area contributed by atoms with Gasteiger partial charge in [-0.15, -0.1) is 0 Å². The Kier molecular flexibility index (Phi) is 6.10. The van der Waals surface area contributed by atoms with Crippen LogP contribution in [0.5, 0.6) is 0 Å². The minimum Gasteiger partial charge on any atom is -0.459 e. The zero-order chi connectivity index (χ0) is 22.8. The number of benzene rings is 2. The number of carbonyl (C=O) groups excluding carboxylic acids is 2. The standard InChI is InChI=1S/C25H21BrN2O4/c1-15(2)31-25(30)18-6-4-17(5-7-18)23-13-12-21(32-23)14-22-16(3)27-28(24(22)29)20-10-8-19(26)9-11-20/h4-15H,1-3H3. The number of carbonyl (C=O) groups is 2. The largest absolute Gasteiger partial charge is 0.459 e. The van der Waals surface area contributed by atoms with E-state index in [-0.39, 0.29) is 18.0 Å². The third-order valence-corrected chi connectivity index (χ3v) is 5.32. The second-order valence-corrected chi connectivity index (χ2v) is 8.49. The number of hydrogen-bond acceptors (Lipinski definition) is 5. The smallest absolute Gasteiger partial charge is 0.338 e. The van der Waals surface area contributed by atoms with Crippen molar-refractivity contribution in [3.05, 3.63) is 82.0 Å². The van der Waals surface area contributed by atoms with Crippen LogP contribution in [0, 0.1) is 0 Å². The monoisotopic (exact) mass is 492 g/mol. The summed E-state index contributed by atoms with van der Waals surface area (Å²) in [6, 6.07) is 18.0. The Morgan fingerprint density at radius 1 is 1.06 bits per heavy atom. The normalized spacial score (nSPS) is 14.9. The summed E-state index contributed by atoms with van der Waals surface area (Å²) >= 11 is 3.39. The molecule has 1 amide bonds. The minimum atomic E-state index is -0.360. The molecule has 7 heteroatoms. The number of amides is 1. The first kappa shape index (κ1) is 21.8. The van der Waals surface area contributed by atoms with E-state index in [2.05, 4.69) is 21.0 Å². The van der Waals surface area contributed by atoms with Gasteiger partial charge in [-0.25, -0.2) is 4.79 Å². The maximum Gasteiger partial charge on any atom is 0.338 e. The lowest BCUT2D eigenvalue weighted by atomic mass is 10.1. The van der Waals surface area contributed by atoms with Gasteiger partial charge in [-0.3, -0.25) is 4.79 Å². The minimum absolute atomic E-state index is 0.173. The van der Waals surface area contributed by atoms with Gasteiger partial charge in [-0.05, 0) is 75.4 Å². The first-order chi connectivity index (χ1) is 15.3. The summed E-state index contributed by atoms with van der Waals surface area (Å²) in [5.41, 5.74) is 3.07. The Labute approximate surface area is 194 Å². The van der Waals surface area contributed by atoms with E-state index in [0.717, 1.165) is 10.0 Å². The highest BCUT2D eigenvalue weighted by molar-refractivity contribution is 9.10. The lowest BCUT2D eigenvalue weighted by Crippen LogP contribution is -2.21. The number of furan rings is 1. The van der Waals surface area contributed by atoms with Crippen LogP contribution in [0.2, 0.25) is 0 Å². The van der Waals surface area contributed by atoms with Crippen molar-refractivity contribution in [3.63, 3.8) is 0 Å². The third-order valence-electron chi connectivity index (χ3n) is 4.80. The molecule has 1 aliphatic rings. The molecule has 0 saturated carbocycles. The van der Waals surface area contributed by atoms with Crippen LogP contribution in [0.3, 0.4) is 0 Å². The number of hydrogen-bond donors (Lipinski definition) is 0. The highest BCUT2D eigenvalue weighted by Gasteiger charge is 2.29. The number of nitrogens with zero attached hydrogens (tertiary/aromatic N) is 2. The van der Waals surface area contributed by atoms with E-state index < -0.39 is 0 Å². The van der Waals surface area contributed by atoms with Crippen molar-refractivity contribution in [3.8, 4) is 11.3 Å². The molecular formula is C25H21BrN2O4. The molecule has 2 heterocycles. The van der Waals surface area contributed by atoms with Gasteiger partial charge in [0.2, 0.25) is 0 Å². The fraction of sp³-hybridized carbons (Fsp3) is 0.160. The Morgan fingerprint density at radius 2 is 1.75 bits per heavy atom. The lowest BCUT2D eigenvalue weighted by molar-refractivity contribution is -0.114. The maximum atomic E-state index is 12.9. The van der Waals surface area contributed by atoms with Crippen molar-refractivity contribution < 1.29 is 18.7 Å². The van der Waals surface area contributed by atoms with E-state index in [4.69, 9.17) is 9.15 Å². The number of anilines is 1. The average molecular weight is 493 g/mol. The molecule has 0 bridgehead atoms. The van der Waals surface area contributed by atoms with Gasteiger partial charge in [-0.1, -0.05) is 28.1 Å². The molecule has 3 aromatic rings. The molecule has 0 unspecified atom stereocenters. The molecule has 0 N–H and O–H groups in total. The molecule has 0 radical (unpaired) electrons. The number of hydrazone groups is 1. The van der Waals surface area contributed by atoms with Crippen molar-refractivity contribution in [2.24, 2.45) is 5.10 Å². The predicted molar refractivity (Wildman–Crippen MR) is 127 cm³/mol. The molecule has 4 rings (SSSR count). The lowest BCUT2D eigenvalue weighted by Gasteiger charge is -2.11. The van der Waals surface area contributed by atoms with E-state index in [0.29, 0.717) is 34.1 Å². The van der Waals surface area contributed by atoms with Crippen LogP contribution in [-0.2, 0) is 9.53 Å². The van der Waals surface area contributed by atoms with Crippen LogP contribution in [-0.4, -0.2) is 23.7 Å². The van der Waals surface area contributed by atoms with Crippen molar-refractivity contribution in [1.29, 1.82) is 0 Å². The fourth-order valence-corrected chi connectivity index (χ4v) is 3.49. The summed E-state index contributed by atoms with van der Waals surface area (Å²) < 4.78 is 12.1. The van der Waals surface area contributed by atoms with Crippen LogP contribution >= 0.6 is 15.9 Å². The van der Waals surface area contributed by atoms with Gasteiger partial charge >= 0.3 is 5.97 Å². The number of halogens is 1. The van der Waals surface area contributed by atoms with Gasteiger partial charge in [-0.2, -0.15) is 10.1 Å². The maximum absolute atomic E-state index is 12.9. The molecule has 6 nitrogen and oxygen atoms in total. The molecule has 0 atom stereocenters. The summed E-state index contributed by atoms with van der Waals surface area (Å²) in [5, 5.41) is 5.77. The van der Waals surface area contributed by atoms with E-state index in [9.17, 15) is 9.59 Å². The predicted octanol–water partition coefficient (Wildman–Crippen LogP) is 6.08. The molecule has 32 heavy (non-hydrogen) atoms. The van der Waals surface area contributed by atoms with Crippen LogP contribution in [0.4, 0.5) is 5.69 Å². The summed E-state index contributed by atoms with van der Waals surface area (Å²) in [4.78, 5) is 24.9. The number of rotatable bonds is 5. The molecule has 162 valence electrons. The second kappa shape index (κ2) is 8.96. The molecule has 0 fully saturated rings. The highest BCUT2D eigenvalue weighted by atomic mass is 79.9. The van der Waals surface area contributed by atoms with E-state index in [1.54, 1.807) is 43.3 Å². The van der Waals surface area contributed by atoms with Crippen LogP contribution in [0.15, 0.2) is 80.2 Å². The van der Waals surface area contributed by atoms with Gasteiger partial charge in [0.25, 0.3) is 5.91 Å². The van der Waals surface area contributed by atoms with Crippen LogP contribution < -0.4 is 5.01 Å². The Morgan fingerprint density at radius 3 is 2.41 bits per heavy atom. The summed E-state index contributed by atoms with van der Waals surface area (Å²) in [7, 11) is 0. The zero-order valence-corrected chi connectivity index (χ0v) is 19.4. The fourth-order valence-electron chi connectivity index (χ4n) is 3.22. The van der Waals surface area contributed by atoms with Crippen molar-refractivity contribution in [2.45, 2.75) is 26.9 Å². The van der Waals surface area contributed by atoms with Gasteiger partial charge in [0.15, 0.2) is 0 Å². The van der Waals surface area contributed by atoms with Gasteiger partial charge in [0.05, 0.1) is 28.6 Å². The molecule has 2 aromatic carbocycles. The molecule has 0 saturated heterocycles. The van der Waals surface area contributed by atoms with E-state index in [1.165, 1.54) is 5.01 Å². The van der Waals surface area contributed by atoms with Crippen molar-refractivity contribution >= 4 is 45.3 Å². The first-order valence-corrected chi connectivity index (χ1v) is 10.9. The van der Waals surface area contributed by atoms with E-state index >= 15 is 0 Å². The van der Waals surface area contributed by atoms with Crippen molar-refractivity contribution in [2.75, 3.05) is 5.01 Å². The molecule has 0 aliphatic carbocycles. The highest BCUT2D eigenvalue weighted by Crippen LogP contribution is 2.28. The van der Waals surface area contributed by atoms with Crippen LogP contribution in [0.25, 0.3) is 17.4 Å². The second-order valence-electron chi connectivity index (χ2n) is 7.57. The Hall–Kier alpha value is -3.45.